The van der Waals surface area contributed by atoms with Crippen LogP contribution in [0.4, 0.5) is 0 Å². The Labute approximate surface area is 121 Å². The molecule has 1 aromatic heterocycles. The van der Waals surface area contributed by atoms with Crippen LogP contribution >= 0.6 is 11.6 Å². The molecule has 0 N–H and O–H groups in total. The smallest absolute Gasteiger partial charge is 0.218 e. The van der Waals surface area contributed by atoms with Gasteiger partial charge in [-0.3, -0.25) is 0 Å². The van der Waals surface area contributed by atoms with Crippen molar-refractivity contribution in [2.75, 3.05) is 6.61 Å². The third kappa shape index (κ3) is 5.77. The molecule has 0 bridgehead atoms. The van der Waals surface area contributed by atoms with Crippen molar-refractivity contribution in [3.05, 3.63) is 17.0 Å². The molecule has 0 fully saturated rings. The third-order valence-electron chi connectivity index (χ3n) is 3.22. The Kier molecular flexibility index (Phi) is 7.14. The van der Waals surface area contributed by atoms with Crippen molar-refractivity contribution >= 4 is 11.6 Å². The van der Waals surface area contributed by atoms with Crippen molar-refractivity contribution in [2.24, 2.45) is 5.92 Å². The molecular formula is C15H25ClN2O. The number of unbranched alkanes of at least 4 members (excludes halogenated alkanes) is 1. The number of ether oxygens (including phenoxy) is 1. The minimum atomic E-state index is 0.253. The van der Waals surface area contributed by atoms with Gasteiger partial charge in [0.15, 0.2) is 0 Å². The molecule has 3 nitrogen and oxygen atoms in total. The minimum Gasteiger partial charge on any atom is -0.477 e. The predicted octanol–water partition coefficient (Wildman–Crippen LogP) is 4.85. The highest BCUT2D eigenvalue weighted by molar-refractivity contribution is 6.29. The lowest BCUT2D eigenvalue weighted by molar-refractivity contribution is 0.225. The van der Waals surface area contributed by atoms with Crippen LogP contribution in [-0.2, 0) is 0 Å². The molecule has 0 spiro atoms. The summed E-state index contributed by atoms with van der Waals surface area (Å²) in [5.74, 6) is 2.18. The lowest BCUT2D eigenvalue weighted by Crippen LogP contribution is -2.12. The van der Waals surface area contributed by atoms with E-state index < -0.39 is 0 Å². The highest BCUT2D eigenvalue weighted by Crippen LogP contribution is 2.20. The van der Waals surface area contributed by atoms with Crippen LogP contribution < -0.4 is 4.74 Å². The predicted molar refractivity (Wildman–Crippen MR) is 79.9 cm³/mol. The Bertz CT molecular complexity index is 382. The van der Waals surface area contributed by atoms with Crippen LogP contribution in [0.3, 0.4) is 0 Å². The number of rotatable bonds is 8. The van der Waals surface area contributed by atoms with Gasteiger partial charge in [-0.15, -0.1) is 0 Å². The maximum absolute atomic E-state index is 6.00. The Morgan fingerprint density at radius 3 is 2.58 bits per heavy atom. The second kappa shape index (κ2) is 8.36. The third-order valence-corrected chi connectivity index (χ3v) is 3.41. The Balaban J connectivity index is 2.60. The Morgan fingerprint density at radius 2 is 2.00 bits per heavy atom. The number of aromatic nitrogens is 2. The van der Waals surface area contributed by atoms with Crippen molar-refractivity contribution in [3.8, 4) is 5.88 Å². The van der Waals surface area contributed by atoms with E-state index in [9.17, 15) is 0 Å². The maximum atomic E-state index is 6.00. The van der Waals surface area contributed by atoms with E-state index >= 15 is 0 Å². The number of nitrogens with zero attached hydrogens (tertiary/aromatic N) is 2. The summed E-state index contributed by atoms with van der Waals surface area (Å²) in [5, 5.41) is 0.454. The van der Waals surface area contributed by atoms with Crippen LogP contribution in [0.2, 0.25) is 5.15 Å². The molecule has 108 valence electrons. The largest absolute Gasteiger partial charge is 0.477 e. The molecular weight excluding hydrogens is 260 g/mol. The molecule has 0 saturated heterocycles. The first-order valence-electron chi connectivity index (χ1n) is 7.24. The summed E-state index contributed by atoms with van der Waals surface area (Å²) in [4.78, 5) is 8.61. The molecule has 4 heteroatoms. The van der Waals surface area contributed by atoms with Gasteiger partial charge in [-0.05, 0) is 12.3 Å². The molecule has 0 radical (unpaired) electrons. The fourth-order valence-corrected chi connectivity index (χ4v) is 2.03. The molecule has 1 unspecified atom stereocenters. The molecule has 1 atom stereocenters. The molecule has 0 aliphatic carbocycles. The van der Waals surface area contributed by atoms with Gasteiger partial charge in [0.1, 0.15) is 11.0 Å². The quantitative estimate of drug-likeness (QED) is 0.640. The van der Waals surface area contributed by atoms with Crippen molar-refractivity contribution in [3.63, 3.8) is 0 Å². The zero-order valence-corrected chi connectivity index (χ0v) is 13.2. The Hall–Kier alpha value is -0.830. The lowest BCUT2D eigenvalue weighted by atomic mass is 10.0. The van der Waals surface area contributed by atoms with Gasteiger partial charge in [0.25, 0.3) is 0 Å². The van der Waals surface area contributed by atoms with Gasteiger partial charge < -0.3 is 4.74 Å². The molecule has 1 aromatic rings. The molecule has 0 aliphatic rings. The normalized spacial score (nSPS) is 12.7. The fourth-order valence-electron chi connectivity index (χ4n) is 1.85. The van der Waals surface area contributed by atoms with Crippen molar-refractivity contribution in [1.29, 1.82) is 0 Å². The number of halogens is 1. The average Bonchev–Trinajstić information content (AvgIpc) is 2.38. The molecule has 0 saturated carbocycles. The highest BCUT2D eigenvalue weighted by atomic mass is 35.5. The first-order valence-corrected chi connectivity index (χ1v) is 7.61. The van der Waals surface area contributed by atoms with E-state index in [4.69, 9.17) is 16.3 Å². The molecule has 0 aliphatic heterocycles. The van der Waals surface area contributed by atoms with E-state index in [2.05, 4.69) is 23.8 Å². The standard InChI is InChI=1S/C15H25ClN2O/c1-5-7-8-12(6-2)10-19-14-9-13(16)17-15(18-14)11(3)4/h9,11-12H,5-8,10H2,1-4H3. The zero-order chi connectivity index (χ0) is 14.3. The summed E-state index contributed by atoms with van der Waals surface area (Å²) in [6.07, 6.45) is 4.83. The molecule has 1 heterocycles. The van der Waals surface area contributed by atoms with Gasteiger partial charge in [0.2, 0.25) is 5.88 Å². The van der Waals surface area contributed by atoms with Crippen LogP contribution in [0.25, 0.3) is 0 Å². The monoisotopic (exact) mass is 284 g/mol. The van der Waals surface area contributed by atoms with E-state index in [1.807, 2.05) is 13.8 Å². The van der Waals surface area contributed by atoms with Crippen LogP contribution in [0.15, 0.2) is 6.07 Å². The van der Waals surface area contributed by atoms with E-state index in [-0.39, 0.29) is 5.92 Å². The van der Waals surface area contributed by atoms with Crippen LogP contribution in [-0.4, -0.2) is 16.6 Å². The topological polar surface area (TPSA) is 35.0 Å². The lowest BCUT2D eigenvalue weighted by Gasteiger charge is -2.15. The SMILES string of the molecule is CCCCC(CC)COc1cc(Cl)nc(C(C)C)n1. The highest BCUT2D eigenvalue weighted by Gasteiger charge is 2.11. The maximum Gasteiger partial charge on any atom is 0.218 e. The summed E-state index contributed by atoms with van der Waals surface area (Å²) in [6.45, 7) is 9.22. The average molecular weight is 285 g/mol. The minimum absolute atomic E-state index is 0.253. The van der Waals surface area contributed by atoms with Crippen LogP contribution in [0.1, 0.15) is 65.1 Å². The molecule has 1 rings (SSSR count). The molecule has 19 heavy (non-hydrogen) atoms. The number of hydrogen-bond donors (Lipinski definition) is 0. The molecule has 0 amide bonds. The van der Waals surface area contributed by atoms with Crippen molar-refractivity contribution in [2.45, 2.75) is 59.3 Å². The first kappa shape index (κ1) is 16.2. The van der Waals surface area contributed by atoms with Crippen molar-refractivity contribution < 1.29 is 4.74 Å². The van der Waals surface area contributed by atoms with Gasteiger partial charge in [-0.2, -0.15) is 4.98 Å². The van der Waals surface area contributed by atoms with Gasteiger partial charge in [-0.1, -0.05) is 58.6 Å². The molecule has 0 aromatic carbocycles. The fraction of sp³-hybridized carbons (Fsp3) is 0.733. The van der Waals surface area contributed by atoms with Gasteiger partial charge in [-0.25, -0.2) is 4.98 Å². The first-order chi connectivity index (χ1) is 9.06. The summed E-state index contributed by atoms with van der Waals surface area (Å²) in [5.41, 5.74) is 0. The van der Waals surface area contributed by atoms with Gasteiger partial charge >= 0.3 is 0 Å². The van der Waals surface area contributed by atoms with E-state index in [1.54, 1.807) is 6.07 Å². The van der Waals surface area contributed by atoms with E-state index in [0.717, 1.165) is 12.2 Å². The zero-order valence-electron chi connectivity index (χ0n) is 12.4. The second-order valence-corrected chi connectivity index (χ2v) is 5.66. The van der Waals surface area contributed by atoms with E-state index in [0.29, 0.717) is 23.6 Å². The van der Waals surface area contributed by atoms with Gasteiger partial charge in [0.05, 0.1) is 6.61 Å². The van der Waals surface area contributed by atoms with Crippen LogP contribution in [0.5, 0.6) is 5.88 Å². The Morgan fingerprint density at radius 1 is 1.26 bits per heavy atom. The van der Waals surface area contributed by atoms with Crippen LogP contribution in [0, 0.1) is 5.92 Å². The second-order valence-electron chi connectivity index (χ2n) is 5.27. The summed E-state index contributed by atoms with van der Waals surface area (Å²) in [6, 6.07) is 1.69. The van der Waals surface area contributed by atoms with Crippen molar-refractivity contribution in [1.82, 2.24) is 9.97 Å². The summed E-state index contributed by atoms with van der Waals surface area (Å²) >= 11 is 6.00. The summed E-state index contributed by atoms with van der Waals surface area (Å²) < 4.78 is 5.79. The number of hydrogen-bond acceptors (Lipinski definition) is 3. The van der Waals surface area contributed by atoms with E-state index in [1.165, 1.54) is 19.3 Å². The summed E-state index contributed by atoms with van der Waals surface area (Å²) in [7, 11) is 0. The van der Waals surface area contributed by atoms with Gasteiger partial charge in [0, 0.05) is 12.0 Å².